The van der Waals surface area contributed by atoms with Crippen molar-refractivity contribution in [1.29, 1.82) is 0 Å². The lowest BCUT2D eigenvalue weighted by Crippen LogP contribution is -2.05. The number of nitrogens with one attached hydrogen (secondary N) is 1. The van der Waals surface area contributed by atoms with Crippen molar-refractivity contribution in [3.63, 3.8) is 0 Å². The molecular weight excluding hydrogens is 297 g/mol. The first kappa shape index (κ1) is 13.2. The zero-order chi connectivity index (χ0) is 13.1. The smallest absolute Gasteiger partial charge is 0.128 e. The first-order valence-electron chi connectivity index (χ1n) is 5.71. The van der Waals surface area contributed by atoms with Gasteiger partial charge in [-0.25, -0.2) is 4.39 Å². The van der Waals surface area contributed by atoms with Crippen molar-refractivity contribution in [2.75, 3.05) is 7.05 Å². The van der Waals surface area contributed by atoms with Crippen molar-refractivity contribution >= 4 is 15.9 Å². The van der Waals surface area contributed by atoms with Crippen LogP contribution in [0.5, 0.6) is 0 Å². The molecule has 0 saturated carbocycles. The first-order chi connectivity index (χ1) is 8.60. The van der Waals surface area contributed by atoms with Gasteiger partial charge in [0.2, 0.25) is 0 Å². The van der Waals surface area contributed by atoms with Crippen LogP contribution in [-0.4, -0.2) is 16.8 Å². The van der Waals surface area contributed by atoms with Crippen molar-refractivity contribution in [2.24, 2.45) is 0 Å². The van der Waals surface area contributed by atoms with E-state index < -0.39 is 0 Å². The molecule has 1 aromatic carbocycles. The SMILES string of the molecule is CNCc1cn(Cc2cc(Br)ccc2F)nc1C. The molecule has 2 aromatic rings. The summed E-state index contributed by atoms with van der Waals surface area (Å²) in [6.07, 6.45) is 1.95. The molecule has 1 aromatic heterocycles. The van der Waals surface area contributed by atoms with Gasteiger partial charge in [0.25, 0.3) is 0 Å². The quantitative estimate of drug-likeness (QED) is 0.941. The topological polar surface area (TPSA) is 29.9 Å². The van der Waals surface area contributed by atoms with Gasteiger partial charge in [-0.05, 0) is 32.2 Å². The van der Waals surface area contributed by atoms with Gasteiger partial charge >= 0.3 is 0 Å². The molecule has 96 valence electrons. The Kier molecular flexibility index (Phi) is 4.14. The minimum atomic E-state index is -0.207. The van der Waals surface area contributed by atoms with Gasteiger partial charge in [0, 0.05) is 28.3 Å². The van der Waals surface area contributed by atoms with Crippen molar-refractivity contribution in [3.8, 4) is 0 Å². The Morgan fingerprint density at radius 2 is 2.17 bits per heavy atom. The van der Waals surface area contributed by atoms with Crippen LogP contribution < -0.4 is 5.32 Å². The Morgan fingerprint density at radius 1 is 1.39 bits per heavy atom. The second-order valence-electron chi connectivity index (χ2n) is 4.20. The highest BCUT2D eigenvalue weighted by molar-refractivity contribution is 9.10. The van der Waals surface area contributed by atoms with Crippen LogP contribution in [0.3, 0.4) is 0 Å². The van der Waals surface area contributed by atoms with Crippen LogP contribution in [0.2, 0.25) is 0 Å². The summed E-state index contributed by atoms with van der Waals surface area (Å²) in [5.74, 6) is -0.207. The van der Waals surface area contributed by atoms with E-state index in [-0.39, 0.29) is 5.82 Å². The van der Waals surface area contributed by atoms with E-state index in [1.165, 1.54) is 6.07 Å². The summed E-state index contributed by atoms with van der Waals surface area (Å²) in [6, 6.07) is 4.94. The molecule has 5 heteroatoms. The van der Waals surface area contributed by atoms with E-state index in [0.29, 0.717) is 12.1 Å². The van der Waals surface area contributed by atoms with E-state index in [4.69, 9.17) is 0 Å². The Labute approximate surface area is 114 Å². The minimum Gasteiger partial charge on any atom is -0.316 e. The fourth-order valence-corrected chi connectivity index (χ4v) is 2.25. The molecular formula is C13H15BrFN3. The van der Waals surface area contributed by atoms with Gasteiger partial charge in [-0.2, -0.15) is 5.10 Å². The van der Waals surface area contributed by atoms with Gasteiger partial charge < -0.3 is 5.32 Å². The monoisotopic (exact) mass is 311 g/mol. The average Bonchev–Trinajstić information content (AvgIpc) is 2.65. The van der Waals surface area contributed by atoms with E-state index in [1.54, 1.807) is 16.8 Å². The molecule has 1 N–H and O–H groups in total. The molecule has 0 bridgehead atoms. The van der Waals surface area contributed by atoms with Crippen LogP contribution in [0, 0.1) is 12.7 Å². The van der Waals surface area contributed by atoms with Crippen LogP contribution in [-0.2, 0) is 13.1 Å². The third-order valence-electron chi connectivity index (χ3n) is 2.76. The van der Waals surface area contributed by atoms with Crippen LogP contribution in [0.15, 0.2) is 28.9 Å². The van der Waals surface area contributed by atoms with Gasteiger partial charge in [-0.15, -0.1) is 0 Å². The number of rotatable bonds is 4. The predicted molar refractivity (Wildman–Crippen MR) is 72.9 cm³/mol. The van der Waals surface area contributed by atoms with Crippen LogP contribution in [0.4, 0.5) is 4.39 Å². The van der Waals surface area contributed by atoms with Crippen molar-refractivity contribution in [1.82, 2.24) is 15.1 Å². The van der Waals surface area contributed by atoms with E-state index in [2.05, 4.69) is 26.3 Å². The molecule has 0 saturated heterocycles. The van der Waals surface area contributed by atoms with Crippen LogP contribution >= 0.6 is 15.9 Å². The normalized spacial score (nSPS) is 10.9. The van der Waals surface area contributed by atoms with Gasteiger partial charge in [-0.1, -0.05) is 15.9 Å². The number of aryl methyl sites for hydroxylation is 1. The zero-order valence-corrected chi connectivity index (χ0v) is 12.0. The number of nitrogens with zero attached hydrogens (tertiary/aromatic N) is 2. The second-order valence-corrected chi connectivity index (χ2v) is 5.12. The molecule has 2 rings (SSSR count). The maximum absolute atomic E-state index is 13.6. The fraction of sp³-hybridized carbons (Fsp3) is 0.308. The molecule has 0 spiro atoms. The van der Waals surface area contributed by atoms with Crippen molar-refractivity contribution in [2.45, 2.75) is 20.0 Å². The van der Waals surface area contributed by atoms with E-state index >= 15 is 0 Å². The molecule has 1 heterocycles. The number of benzene rings is 1. The maximum Gasteiger partial charge on any atom is 0.128 e. The number of halogens is 2. The number of hydrogen-bond acceptors (Lipinski definition) is 2. The molecule has 3 nitrogen and oxygen atoms in total. The molecule has 0 amide bonds. The largest absolute Gasteiger partial charge is 0.316 e. The van der Waals surface area contributed by atoms with E-state index in [0.717, 1.165) is 22.3 Å². The summed E-state index contributed by atoms with van der Waals surface area (Å²) in [7, 11) is 1.89. The van der Waals surface area contributed by atoms with E-state index in [9.17, 15) is 4.39 Å². The Balaban J connectivity index is 2.23. The average molecular weight is 312 g/mol. The predicted octanol–water partition coefficient (Wildman–Crippen LogP) is 2.86. The number of aromatic nitrogens is 2. The van der Waals surface area contributed by atoms with Gasteiger partial charge in [0.05, 0.1) is 12.2 Å². The summed E-state index contributed by atoms with van der Waals surface area (Å²) in [5.41, 5.74) is 2.73. The van der Waals surface area contributed by atoms with Crippen molar-refractivity contribution in [3.05, 3.63) is 51.5 Å². The Bertz CT molecular complexity index is 551. The molecule has 0 radical (unpaired) electrons. The molecule has 0 aliphatic rings. The standard InChI is InChI=1S/C13H15BrFN3/c1-9-11(6-16-2)8-18(17-9)7-10-5-12(14)3-4-13(10)15/h3-5,8,16H,6-7H2,1-2H3. The lowest BCUT2D eigenvalue weighted by molar-refractivity contribution is 0.583. The summed E-state index contributed by atoms with van der Waals surface area (Å²) >= 11 is 3.35. The molecule has 18 heavy (non-hydrogen) atoms. The third kappa shape index (κ3) is 2.97. The van der Waals surface area contributed by atoms with Gasteiger partial charge in [0.15, 0.2) is 0 Å². The van der Waals surface area contributed by atoms with Crippen LogP contribution in [0.1, 0.15) is 16.8 Å². The highest BCUT2D eigenvalue weighted by atomic mass is 79.9. The molecule has 0 atom stereocenters. The molecule has 0 fully saturated rings. The first-order valence-corrected chi connectivity index (χ1v) is 6.51. The lowest BCUT2D eigenvalue weighted by Gasteiger charge is -2.04. The van der Waals surface area contributed by atoms with E-state index in [1.807, 2.05) is 20.2 Å². The summed E-state index contributed by atoms with van der Waals surface area (Å²) in [6.45, 7) is 3.17. The highest BCUT2D eigenvalue weighted by Crippen LogP contribution is 2.17. The molecule has 0 aliphatic carbocycles. The third-order valence-corrected chi connectivity index (χ3v) is 3.25. The number of hydrogen-bond donors (Lipinski definition) is 1. The summed E-state index contributed by atoms with van der Waals surface area (Å²) in [5, 5.41) is 7.48. The van der Waals surface area contributed by atoms with Gasteiger partial charge in [0.1, 0.15) is 5.82 Å². The van der Waals surface area contributed by atoms with Gasteiger partial charge in [-0.3, -0.25) is 4.68 Å². The fourth-order valence-electron chi connectivity index (χ4n) is 1.84. The zero-order valence-electron chi connectivity index (χ0n) is 10.4. The second kappa shape index (κ2) is 5.63. The summed E-state index contributed by atoms with van der Waals surface area (Å²) < 4.78 is 16.3. The summed E-state index contributed by atoms with van der Waals surface area (Å²) in [4.78, 5) is 0. The molecule has 0 aliphatic heterocycles. The highest BCUT2D eigenvalue weighted by Gasteiger charge is 2.07. The van der Waals surface area contributed by atoms with Crippen molar-refractivity contribution < 1.29 is 4.39 Å². The Hall–Kier alpha value is -1.20. The lowest BCUT2D eigenvalue weighted by atomic mass is 10.2. The van der Waals surface area contributed by atoms with Crippen LogP contribution in [0.25, 0.3) is 0 Å². The minimum absolute atomic E-state index is 0.207. The molecule has 0 unspecified atom stereocenters. The maximum atomic E-state index is 13.6. The Morgan fingerprint density at radius 3 is 2.89 bits per heavy atom.